The molecule has 0 saturated heterocycles. The van der Waals surface area contributed by atoms with Gasteiger partial charge in [0.2, 0.25) is 0 Å². The van der Waals surface area contributed by atoms with Crippen molar-refractivity contribution in [3.8, 4) is 0 Å². The van der Waals surface area contributed by atoms with E-state index in [0.717, 1.165) is 5.56 Å². The number of nitrogens with one attached hydrogen (secondary N) is 1. The van der Waals surface area contributed by atoms with Gasteiger partial charge in [0.15, 0.2) is 0 Å². The molecular weight excluding hydrogens is 242 g/mol. The SMILES string of the molecule is N=S(=O)=O.O=C(Cl)OCc1ccccc1. The van der Waals surface area contributed by atoms with E-state index in [1.807, 2.05) is 30.3 Å². The second-order valence-electron chi connectivity index (χ2n) is 2.25. The second kappa shape index (κ2) is 7.95. The Labute approximate surface area is 93.1 Å². The molecule has 0 aromatic heterocycles. The van der Waals surface area contributed by atoms with E-state index in [9.17, 15) is 4.79 Å². The average Bonchev–Trinajstić information content (AvgIpc) is 2.15. The first-order valence-electron chi connectivity index (χ1n) is 3.69. The van der Waals surface area contributed by atoms with Crippen molar-refractivity contribution in [2.75, 3.05) is 0 Å². The van der Waals surface area contributed by atoms with Crippen molar-refractivity contribution < 1.29 is 17.9 Å². The highest BCUT2D eigenvalue weighted by Gasteiger charge is 1.95. The van der Waals surface area contributed by atoms with Crippen LogP contribution in [0.5, 0.6) is 0 Å². The van der Waals surface area contributed by atoms with Crippen molar-refractivity contribution >= 4 is 27.5 Å². The molecule has 5 nitrogen and oxygen atoms in total. The van der Waals surface area contributed by atoms with Crippen molar-refractivity contribution in [3.63, 3.8) is 0 Å². The van der Waals surface area contributed by atoms with Gasteiger partial charge in [0.25, 0.3) is 0 Å². The van der Waals surface area contributed by atoms with Gasteiger partial charge in [0.05, 0.1) is 0 Å². The first kappa shape index (κ1) is 13.6. The summed E-state index contributed by atoms with van der Waals surface area (Å²) in [6, 6.07) is 9.36. The summed E-state index contributed by atoms with van der Waals surface area (Å²) in [7, 11) is -2.61. The van der Waals surface area contributed by atoms with Gasteiger partial charge in [0, 0.05) is 11.6 Å². The molecule has 15 heavy (non-hydrogen) atoms. The largest absolute Gasteiger partial charge is 0.449 e. The molecule has 0 heterocycles. The average molecular weight is 250 g/mol. The van der Waals surface area contributed by atoms with Crippen LogP contribution in [0.1, 0.15) is 5.56 Å². The number of benzene rings is 1. The number of hydrogen-bond acceptors (Lipinski definition) is 5. The number of carbonyl (C=O) groups is 1. The second-order valence-corrected chi connectivity index (χ2v) is 3.02. The van der Waals surface area contributed by atoms with E-state index in [-0.39, 0.29) is 6.61 Å². The fourth-order valence-corrected chi connectivity index (χ4v) is 0.769. The molecule has 0 aliphatic heterocycles. The molecule has 0 spiro atoms. The smallest absolute Gasteiger partial charge is 0.404 e. The topological polar surface area (TPSA) is 84.3 Å². The van der Waals surface area contributed by atoms with Gasteiger partial charge in [-0.3, -0.25) is 0 Å². The molecule has 0 unspecified atom stereocenters. The Morgan fingerprint density at radius 2 is 1.80 bits per heavy atom. The van der Waals surface area contributed by atoms with Gasteiger partial charge in [-0.1, -0.05) is 30.3 Å². The van der Waals surface area contributed by atoms with Gasteiger partial charge < -0.3 is 4.74 Å². The standard InChI is InChI=1S/C8H7ClO2.HNO2S/c9-8(10)11-6-7-4-2-1-3-5-7;1-4(2)3/h1-5H,6H2;1H. The minimum absolute atomic E-state index is 0.239. The minimum atomic E-state index is -2.61. The van der Waals surface area contributed by atoms with E-state index in [1.165, 1.54) is 0 Å². The molecular formula is C8H8ClNO4S. The van der Waals surface area contributed by atoms with Crippen LogP contribution in [0.15, 0.2) is 30.3 Å². The molecule has 0 saturated carbocycles. The van der Waals surface area contributed by atoms with E-state index >= 15 is 0 Å². The Balaban J connectivity index is 0.000000423. The zero-order chi connectivity index (χ0) is 11.7. The maximum atomic E-state index is 10.2. The van der Waals surface area contributed by atoms with Crippen LogP contribution in [0.2, 0.25) is 0 Å². The van der Waals surface area contributed by atoms with Gasteiger partial charge in [-0.15, -0.1) is 0 Å². The molecule has 0 atom stereocenters. The molecule has 0 aliphatic carbocycles. The Kier molecular flexibility index (Phi) is 7.21. The molecule has 1 N–H and O–H groups in total. The molecule has 82 valence electrons. The minimum Gasteiger partial charge on any atom is -0.449 e. The fraction of sp³-hybridized carbons (Fsp3) is 0.125. The number of rotatable bonds is 2. The first-order valence-corrected chi connectivity index (χ1v) is 5.14. The predicted molar refractivity (Wildman–Crippen MR) is 54.1 cm³/mol. The Bertz CT molecular complexity index is 396. The Morgan fingerprint density at radius 1 is 1.33 bits per heavy atom. The summed E-state index contributed by atoms with van der Waals surface area (Å²) in [5.41, 5.74) is 0.162. The summed E-state index contributed by atoms with van der Waals surface area (Å²) in [6.45, 7) is 0.239. The number of halogens is 1. The normalized spacial score (nSPS) is 8.33. The maximum Gasteiger partial charge on any atom is 0.404 e. The number of carbonyl (C=O) groups excluding carboxylic acids is 1. The summed E-state index contributed by atoms with van der Waals surface area (Å²) in [6.07, 6.45) is 0. The molecule has 1 aromatic carbocycles. The molecule has 1 rings (SSSR count). The highest BCUT2D eigenvalue weighted by Crippen LogP contribution is 2.01. The van der Waals surface area contributed by atoms with Gasteiger partial charge in [-0.2, -0.15) is 13.2 Å². The van der Waals surface area contributed by atoms with Gasteiger partial charge in [0.1, 0.15) is 6.61 Å². The van der Waals surface area contributed by atoms with Crippen LogP contribution in [0.25, 0.3) is 0 Å². The lowest BCUT2D eigenvalue weighted by Crippen LogP contribution is -1.93. The van der Waals surface area contributed by atoms with Crippen LogP contribution in [0, 0.1) is 4.78 Å². The van der Waals surface area contributed by atoms with Crippen molar-refractivity contribution in [1.29, 1.82) is 4.78 Å². The van der Waals surface area contributed by atoms with Crippen LogP contribution in [0.3, 0.4) is 0 Å². The summed E-state index contributed by atoms with van der Waals surface area (Å²) >= 11 is 4.97. The lowest BCUT2D eigenvalue weighted by Gasteiger charge is -1.98. The molecule has 0 amide bonds. The molecule has 0 fully saturated rings. The van der Waals surface area contributed by atoms with E-state index < -0.39 is 15.9 Å². The van der Waals surface area contributed by atoms with Crippen LogP contribution in [-0.4, -0.2) is 13.8 Å². The van der Waals surface area contributed by atoms with E-state index in [4.69, 9.17) is 24.8 Å². The Hall–Kier alpha value is -1.40. The summed E-state index contributed by atoms with van der Waals surface area (Å²) < 4.78 is 27.4. The molecule has 1 aromatic rings. The monoisotopic (exact) mass is 249 g/mol. The molecule has 0 bridgehead atoms. The lowest BCUT2D eigenvalue weighted by molar-refractivity contribution is 0.167. The summed E-state index contributed by atoms with van der Waals surface area (Å²) in [5.74, 6) is 0. The third-order valence-electron chi connectivity index (χ3n) is 1.20. The zero-order valence-corrected chi connectivity index (χ0v) is 9.09. The van der Waals surface area contributed by atoms with Crippen molar-refractivity contribution in [1.82, 2.24) is 0 Å². The first-order chi connectivity index (χ1) is 7.02. The quantitative estimate of drug-likeness (QED) is 0.814. The maximum absolute atomic E-state index is 10.2. The van der Waals surface area contributed by atoms with Crippen LogP contribution in [0.4, 0.5) is 4.79 Å². The predicted octanol–water partition coefficient (Wildman–Crippen LogP) is 2.19. The number of hydrogen-bond donors (Lipinski definition) is 1. The van der Waals surface area contributed by atoms with Gasteiger partial charge in [-0.05, 0) is 5.56 Å². The van der Waals surface area contributed by atoms with Gasteiger partial charge >= 0.3 is 15.9 Å². The van der Waals surface area contributed by atoms with E-state index in [0.29, 0.717) is 0 Å². The van der Waals surface area contributed by atoms with Crippen LogP contribution < -0.4 is 0 Å². The zero-order valence-electron chi connectivity index (χ0n) is 7.51. The summed E-state index contributed by atoms with van der Waals surface area (Å²) in [4.78, 5) is 10.2. The number of ether oxygens (including phenoxy) is 1. The molecule has 0 radical (unpaired) electrons. The highest BCUT2D eigenvalue weighted by molar-refractivity contribution is 7.60. The van der Waals surface area contributed by atoms with Crippen LogP contribution >= 0.6 is 11.6 Å². The molecule has 7 heteroatoms. The summed E-state index contributed by atoms with van der Waals surface area (Å²) in [5, 5.41) is 0. The van der Waals surface area contributed by atoms with Crippen LogP contribution in [-0.2, 0) is 21.8 Å². The highest BCUT2D eigenvalue weighted by atomic mass is 35.5. The van der Waals surface area contributed by atoms with E-state index in [1.54, 1.807) is 0 Å². The fourth-order valence-electron chi connectivity index (χ4n) is 0.714. The van der Waals surface area contributed by atoms with Crippen molar-refractivity contribution in [3.05, 3.63) is 35.9 Å². The Morgan fingerprint density at radius 3 is 2.20 bits per heavy atom. The van der Waals surface area contributed by atoms with Crippen molar-refractivity contribution in [2.24, 2.45) is 0 Å². The third kappa shape index (κ3) is 10.5. The lowest BCUT2D eigenvalue weighted by atomic mass is 10.2. The third-order valence-corrected chi connectivity index (χ3v) is 1.30. The van der Waals surface area contributed by atoms with E-state index in [2.05, 4.69) is 4.74 Å². The van der Waals surface area contributed by atoms with Gasteiger partial charge in [-0.25, -0.2) is 4.79 Å². The molecule has 0 aliphatic rings. The van der Waals surface area contributed by atoms with Crippen molar-refractivity contribution in [2.45, 2.75) is 6.61 Å².